The maximum Gasteiger partial charge on any atom is 0.269 e. The van der Waals surface area contributed by atoms with Gasteiger partial charge in [-0.1, -0.05) is 24.3 Å². The van der Waals surface area contributed by atoms with Crippen molar-refractivity contribution in [2.24, 2.45) is 0 Å². The van der Waals surface area contributed by atoms with Crippen molar-refractivity contribution >= 4 is 17.7 Å². The molecule has 2 aromatic rings. The SMILES string of the molecule is C/C=C/C1C(C=O)=C(c2ccc([N+](=O)[O-])cc2)ON1Cc1ccc(O)cc1. The van der Waals surface area contributed by atoms with Gasteiger partial charge in [0, 0.05) is 17.7 Å². The molecule has 3 rings (SSSR count). The number of hydrogen-bond donors (Lipinski definition) is 1. The third kappa shape index (κ3) is 3.88. The van der Waals surface area contributed by atoms with Crippen LogP contribution in [-0.4, -0.2) is 27.4 Å². The number of hydrogen-bond acceptors (Lipinski definition) is 6. The van der Waals surface area contributed by atoms with Crippen molar-refractivity contribution in [2.75, 3.05) is 0 Å². The lowest BCUT2D eigenvalue weighted by Crippen LogP contribution is -2.29. The number of rotatable bonds is 6. The third-order valence-corrected chi connectivity index (χ3v) is 4.22. The molecule has 0 saturated carbocycles. The molecule has 0 radical (unpaired) electrons. The van der Waals surface area contributed by atoms with Crippen LogP contribution in [0.2, 0.25) is 0 Å². The van der Waals surface area contributed by atoms with Gasteiger partial charge in [-0.15, -0.1) is 5.06 Å². The van der Waals surface area contributed by atoms with Crippen LogP contribution in [0.4, 0.5) is 5.69 Å². The Bertz CT molecular complexity index is 901. The molecular weight excluding hydrogens is 348 g/mol. The normalized spacial score (nSPS) is 17.3. The number of phenolic OH excluding ortho intramolecular Hbond substituents is 1. The van der Waals surface area contributed by atoms with Crippen molar-refractivity contribution < 1.29 is 19.7 Å². The Morgan fingerprint density at radius 1 is 1.19 bits per heavy atom. The molecule has 1 atom stereocenters. The highest BCUT2D eigenvalue weighted by molar-refractivity contribution is 5.89. The molecule has 1 N–H and O–H groups in total. The summed E-state index contributed by atoms with van der Waals surface area (Å²) in [5, 5.41) is 21.9. The van der Waals surface area contributed by atoms with Crippen LogP contribution in [0.25, 0.3) is 5.76 Å². The van der Waals surface area contributed by atoms with Gasteiger partial charge in [0.2, 0.25) is 0 Å². The first-order valence-electron chi connectivity index (χ1n) is 8.33. The zero-order chi connectivity index (χ0) is 19.4. The lowest BCUT2D eigenvalue weighted by atomic mass is 10.0. The number of aldehydes is 1. The van der Waals surface area contributed by atoms with Crippen LogP contribution in [0.15, 0.2) is 66.3 Å². The predicted molar refractivity (Wildman–Crippen MR) is 99.4 cm³/mol. The van der Waals surface area contributed by atoms with Crippen LogP contribution in [-0.2, 0) is 16.2 Å². The van der Waals surface area contributed by atoms with Crippen LogP contribution in [0, 0.1) is 10.1 Å². The van der Waals surface area contributed by atoms with E-state index in [2.05, 4.69) is 0 Å². The van der Waals surface area contributed by atoms with E-state index >= 15 is 0 Å². The Kier molecular flexibility index (Phi) is 5.33. The van der Waals surface area contributed by atoms with Gasteiger partial charge >= 0.3 is 0 Å². The lowest BCUT2D eigenvalue weighted by Gasteiger charge is -2.21. The fraction of sp³-hybridized carbons (Fsp3) is 0.150. The molecule has 1 heterocycles. The second-order valence-electron chi connectivity index (χ2n) is 6.01. The van der Waals surface area contributed by atoms with E-state index in [4.69, 9.17) is 4.84 Å². The fourth-order valence-electron chi connectivity index (χ4n) is 2.89. The van der Waals surface area contributed by atoms with E-state index in [1.165, 1.54) is 12.1 Å². The molecule has 0 fully saturated rings. The van der Waals surface area contributed by atoms with E-state index in [-0.39, 0.29) is 17.5 Å². The molecule has 0 bridgehead atoms. The van der Waals surface area contributed by atoms with E-state index in [9.17, 15) is 20.0 Å². The summed E-state index contributed by atoms with van der Waals surface area (Å²) < 4.78 is 0. The van der Waals surface area contributed by atoms with Gasteiger partial charge in [0.1, 0.15) is 5.75 Å². The second-order valence-corrected chi connectivity index (χ2v) is 6.01. The summed E-state index contributed by atoms with van der Waals surface area (Å²) in [6, 6.07) is 12.2. The number of allylic oxidation sites excluding steroid dienone is 1. The van der Waals surface area contributed by atoms with Gasteiger partial charge in [0.05, 0.1) is 23.1 Å². The van der Waals surface area contributed by atoms with Gasteiger partial charge < -0.3 is 9.94 Å². The predicted octanol–water partition coefficient (Wildman–Crippen LogP) is 3.60. The summed E-state index contributed by atoms with van der Waals surface area (Å²) in [7, 11) is 0. The van der Waals surface area contributed by atoms with Crippen molar-refractivity contribution in [1.82, 2.24) is 5.06 Å². The van der Waals surface area contributed by atoms with Crippen LogP contribution in [0.5, 0.6) is 5.75 Å². The van der Waals surface area contributed by atoms with Crippen molar-refractivity contribution in [3.63, 3.8) is 0 Å². The summed E-state index contributed by atoms with van der Waals surface area (Å²) in [5.41, 5.74) is 1.90. The Hall–Kier alpha value is -3.45. The monoisotopic (exact) mass is 366 g/mol. The maximum absolute atomic E-state index is 11.8. The highest BCUT2D eigenvalue weighted by Gasteiger charge is 2.34. The molecule has 0 spiro atoms. The van der Waals surface area contributed by atoms with E-state index in [0.29, 0.717) is 23.4 Å². The molecule has 1 aliphatic heterocycles. The van der Waals surface area contributed by atoms with Crippen LogP contribution in [0.1, 0.15) is 18.1 Å². The van der Waals surface area contributed by atoms with Gasteiger partial charge in [-0.05, 0) is 36.8 Å². The number of non-ortho nitro benzene ring substituents is 1. The number of nitro benzene ring substituents is 1. The minimum Gasteiger partial charge on any atom is -0.508 e. The van der Waals surface area contributed by atoms with Gasteiger partial charge in [-0.3, -0.25) is 14.9 Å². The lowest BCUT2D eigenvalue weighted by molar-refractivity contribution is -0.384. The Labute approximate surface area is 155 Å². The highest BCUT2D eigenvalue weighted by Crippen LogP contribution is 2.34. The molecule has 1 aliphatic rings. The topological polar surface area (TPSA) is 92.9 Å². The van der Waals surface area contributed by atoms with Crippen molar-refractivity contribution in [2.45, 2.75) is 19.5 Å². The van der Waals surface area contributed by atoms with Crippen LogP contribution < -0.4 is 0 Å². The Morgan fingerprint density at radius 3 is 2.41 bits per heavy atom. The fourth-order valence-corrected chi connectivity index (χ4v) is 2.89. The summed E-state index contributed by atoms with van der Waals surface area (Å²) in [6.07, 6.45) is 4.43. The average molecular weight is 366 g/mol. The van der Waals surface area contributed by atoms with E-state index in [0.717, 1.165) is 11.8 Å². The first-order chi connectivity index (χ1) is 13.0. The number of carbonyl (C=O) groups excluding carboxylic acids is 1. The average Bonchev–Trinajstić information content (AvgIpc) is 3.01. The second kappa shape index (κ2) is 7.84. The molecule has 7 heteroatoms. The summed E-state index contributed by atoms with van der Waals surface area (Å²) in [5.74, 6) is 0.547. The molecule has 0 saturated heterocycles. The molecular formula is C20H18N2O5. The smallest absolute Gasteiger partial charge is 0.269 e. The van der Waals surface area contributed by atoms with Gasteiger partial charge in [0.15, 0.2) is 12.0 Å². The number of nitrogens with zero attached hydrogens (tertiary/aromatic N) is 2. The molecule has 27 heavy (non-hydrogen) atoms. The molecule has 1 unspecified atom stereocenters. The van der Waals surface area contributed by atoms with E-state index < -0.39 is 4.92 Å². The Balaban J connectivity index is 1.92. The molecule has 7 nitrogen and oxygen atoms in total. The van der Waals surface area contributed by atoms with E-state index in [1.807, 2.05) is 19.1 Å². The maximum atomic E-state index is 11.8. The number of phenols is 1. The molecule has 2 aromatic carbocycles. The summed E-state index contributed by atoms with van der Waals surface area (Å²) >= 11 is 0. The van der Waals surface area contributed by atoms with Gasteiger partial charge in [0.25, 0.3) is 5.69 Å². The van der Waals surface area contributed by atoms with Gasteiger partial charge in [-0.25, -0.2) is 0 Å². The van der Waals surface area contributed by atoms with Crippen LogP contribution in [0.3, 0.4) is 0 Å². The minimum atomic E-state index is -0.478. The largest absolute Gasteiger partial charge is 0.508 e. The molecule has 0 aliphatic carbocycles. The summed E-state index contributed by atoms with van der Waals surface area (Å²) in [4.78, 5) is 28.1. The number of hydroxylamine groups is 2. The van der Waals surface area contributed by atoms with Gasteiger partial charge in [-0.2, -0.15) is 0 Å². The third-order valence-electron chi connectivity index (χ3n) is 4.22. The number of aromatic hydroxyl groups is 1. The highest BCUT2D eigenvalue weighted by atomic mass is 16.7. The number of carbonyl (C=O) groups is 1. The number of nitro groups is 1. The molecule has 138 valence electrons. The van der Waals surface area contributed by atoms with Crippen LogP contribution >= 0.6 is 0 Å². The minimum absolute atomic E-state index is 0.0315. The molecule has 0 aromatic heterocycles. The Morgan fingerprint density at radius 2 is 1.85 bits per heavy atom. The van der Waals surface area contributed by atoms with Crippen molar-refractivity contribution in [3.8, 4) is 5.75 Å². The van der Waals surface area contributed by atoms with Crippen molar-refractivity contribution in [1.29, 1.82) is 0 Å². The zero-order valence-electron chi connectivity index (χ0n) is 14.6. The summed E-state index contributed by atoms with van der Waals surface area (Å²) in [6.45, 7) is 2.24. The first-order valence-corrected chi connectivity index (χ1v) is 8.33. The molecule has 0 amide bonds. The van der Waals surface area contributed by atoms with E-state index in [1.54, 1.807) is 41.5 Å². The first kappa shape index (κ1) is 18.3. The van der Waals surface area contributed by atoms with Crippen molar-refractivity contribution in [3.05, 3.63) is 87.5 Å². The number of benzene rings is 2. The quantitative estimate of drug-likeness (QED) is 0.363. The zero-order valence-corrected chi connectivity index (χ0v) is 14.6. The standard InChI is InChI=1S/C20H18N2O5/c1-2-3-19-18(13-23)20(15-6-8-16(9-7-15)22(25)26)27-21(19)12-14-4-10-17(24)11-5-14/h2-11,13,19,24H,12H2,1H3/b3-2+.